The number of rotatable bonds is 4. The monoisotopic (exact) mass is 253 g/mol. The Morgan fingerprint density at radius 1 is 1.16 bits per heavy atom. The molecule has 3 rings (SSSR count). The molecule has 0 unspecified atom stereocenters. The van der Waals surface area contributed by atoms with Crippen LogP contribution >= 0.6 is 0 Å². The van der Waals surface area contributed by atoms with Crippen LogP contribution in [0.25, 0.3) is 10.9 Å². The molecule has 1 N–H and O–H groups in total. The summed E-state index contributed by atoms with van der Waals surface area (Å²) in [4.78, 5) is 8.47. The lowest BCUT2D eigenvalue weighted by Gasteiger charge is -2.04. The highest BCUT2D eigenvalue weighted by atomic mass is 16.4. The van der Waals surface area contributed by atoms with Crippen LogP contribution in [0.2, 0.25) is 0 Å². The summed E-state index contributed by atoms with van der Waals surface area (Å²) >= 11 is 0. The fourth-order valence-electron chi connectivity index (χ4n) is 2.03. The summed E-state index contributed by atoms with van der Waals surface area (Å²) in [7, 11) is 0. The minimum atomic E-state index is 0.638. The van der Waals surface area contributed by atoms with E-state index >= 15 is 0 Å². The van der Waals surface area contributed by atoms with Crippen LogP contribution in [0.5, 0.6) is 0 Å². The predicted octanol–water partition coefficient (Wildman–Crippen LogP) is 2.82. The van der Waals surface area contributed by atoms with Crippen LogP contribution in [0.3, 0.4) is 0 Å². The van der Waals surface area contributed by atoms with Gasteiger partial charge in [0.25, 0.3) is 0 Å². The Bertz CT molecular complexity index is 690. The Balaban J connectivity index is 1.65. The zero-order chi connectivity index (χ0) is 13.1. The van der Waals surface area contributed by atoms with E-state index in [1.807, 2.05) is 25.3 Å². The van der Waals surface area contributed by atoms with Gasteiger partial charge in [-0.25, -0.2) is 4.98 Å². The number of oxazole rings is 1. The van der Waals surface area contributed by atoms with Crippen molar-refractivity contribution in [2.45, 2.75) is 20.0 Å². The van der Waals surface area contributed by atoms with Gasteiger partial charge in [-0.05, 0) is 30.7 Å². The van der Waals surface area contributed by atoms with Crippen molar-refractivity contribution in [3.8, 4) is 0 Å². The summed E-state index contributed by atoms with van der Waals surface area (Å²) in [6.07, 6.45) is 3.55. The Kier molecular flexibility index (Phi) is 3.25. The maximum Gasteiger partial charge on any atom is 0.208 e. The minimum Gasteiger partial charge on any atom is -0.445 e. The first-order valence-electron chi connectivity index (χ1n) is 6.27. The number of nitrogens with one attached hydrogen (secondary N) is 1. The van der Waals surface area contributed by atoms with Gasteiger partial charge in [0.2, 0.25) is 5.89 Å². The molecule has 3 aromatic rings. The molecule has 1 aromatic carbocycles. The average Bonchev–Trinajstić information content (AvgIpc) is 2.84. The average molecular weight is 253 g/mol. The van der Waals surface area contributed by atoms with Crippen molar-refractivity contribution in [1.82, 2.24) is 15.3 Å². The molecule has 2 heterocycles. The third-order valence-electron chi connectivity index (χ3n) is 2.94. The highest BCUT2D eigenvalue weighted by Gasteiger charge is 2.01. The van der Waals surface area contributed by atoms with Gasteiger partial charge in [-0.2, -0.15) is 0 Å². The lowest BCUT2D eigenvalue weighted by atomic mass is 10.1. The van der Waals surface area contributed by atoms with E-state index in [2.05, 4.69) is 33.5 Å². The normalized spacial score (nSPS) is 11.0. The fraction of sp³-hybridized carbons (Fsp3) is 0.200. The van der Waals surface area contributed by atoms with Crippen LogP contribution in [0, 0.1) is 6.92 Å². The zero-order valence-electron chi connectivity index (χ0n) is 10.8. The molecule has 2 aromatic heterocycles. The summed E-state index contributed by atoms with van der Waals surface area (Å²) in [6.45, 7) is 3.32. The van der Waals surface area contributed by atoms with Gasteiger partial charge >= 0.3 is 0 Å². The SMILES string of the molecule is Cc1cnc(CNCc2ccc3ncccc3c2)o1. The molecule has 0 aliphatic rings. The van der Waals surface area contributed by atoms with E-state index in [1.54, 1.807) is 6.20 Å². The van der Waals surface area contributed by atoms with Crippen molar-refractivity contribution in [3.05, 3.63) is 59.9 Å². The topological polar surface area (TPSA) is 51.0 Å². The molecule has 0 atom stereocenters. The van der Waals surface area contributed by atoms with E-state index in [9.17, 15) is 0 Å². The standard InChI is InChI=1S/C15H15N3O/c1-11-8-18-15(19-11)10-16-9-12-4-5-14-13(7-12)3-2-6-17-14/h2-8,16H,9-10H2,1H3. The molecule has 0 saturated carbocycles. The van der Waals surface area contributed by atoms with E-state index in [1.165, 1.54) is 5.56 Å². The molecule has 4 heteroatoms. The Morgan fingerprint density at radius 2 is 2.11 bits per heavy atom. The molecule has 96 valence electrons. The van der Waals surface area contributed by atoms with Gasteiger partial charge in [0.05, 0.1) is 18.3 Å². The molecule has 0 spiro atoms. The number of nitrogens with zero attached hydrogens (tertiary/aromatic N) is 2. The van der Waals surface area contributed by atoms with E-state index in [0.29, 0.717) is 6.54 Å². The molecule has 4 nitrogen and oxygen atoms in total. The van der Waals surface area contributed by atoms with Crippen LogP contribution in [-0.4, -0.2) is 9.97 Å². The van der Waals surface area contributed by atoms with Gasteiger partial charge in [0.1, 0.15) is 5.76 Å². The van der Waals surface area contributed by atoms with Gasteiger partial charge in [-0.15, -0.1) is 0 Å². The van der Waals surface area contributed by atoms with Crippen molar-refractivity contribution in [1.29, 1.82) is 0 Å². The zero-order valence-corrected chi connectivity index (χ0v) is 10.8. The van der Waals surface area contributed by atoms with Crippen LogP contribution in [-0.2, 0) is 13.1 Å². The Labute approximate surface area is 111 Å². The van der Waals surface area contributed by atoms with Crippen LogP contribution in [0.4, 0.5) is 0 Å². The maximum atomic E-state index is 5.41. The molecule has 0 bridgehead atoms. The lowest BCUT2D eigenvalue weighted by Crippen LogP contribution is -2.12. The molecule has 19 heavy (non-hydrogen) atoms. The maximum absolute atomic E-state index is 5.41. The predicted molar refractivity (Wildman–Crippen MR) is 73.5 cm³/mol. The number of aromatic nitrogens is 2. The second-order valence-electron chi connectivity index (χ2n) is 4.50. The van der Waals surface area contributed by atoms with Crippen LogP contribution < -0.4 is 5.32 Å². The molecule has 0 fully saturated rings. The van der Waals surface area contributed by atoms with E-state index < -0.39 is 0 Å². The first-order chi connectivity index (χ1) is 9.31. The van der Waals surface area contributed by atoms with E-state index in [0.717, 1.165) is 29.1 Å². The first kappa shape index (κ1) is 11.9. The van der Waals surface area contributed by atoms with E-state index in [-0.39, 0.29) is 0 Å². The van der Waals surface area contributed by atoms with E-state index in [4.69, 9.17) is 4.42 Å². The Morgan fingerprint density at radius 3 is 2.95 bits per heavy atom. The largest absolute Gasteiger partial charge is 0.445 e. The number of fused-ring (bicyclic) bond motifs is 1. The van der Waals surface area contributed by atoms with Gasteiger partial charge in [0.15, 0.2) is 0 Å². The third-order valence-corrected chi connectivity index (χ3v) is 2.94. The summed E-state index contributed by atoms with van der Waals surface area (Å²) in [6, 6.07) is 10.3. The summed E-state index contributed by atoms with van der Waals surface area (Å²) in [5, 5.41) is 4.48. The first-order valence-corrected chi connectivity index (χ1v) is 6.27. The molecule has 0 saturated heterocycles. The van der Waals surface area contributed by atoms with Gasteiger partial charge in [0, 0.05) is 18.1 Å². The van der Waals surface area contributed by atoms with Crippen molar-refractivity contribution < 1.29 is 4.42 Å². The van der Waals surface area contributed by atoms with Gasteiger partial charge in [-0.3, -0.25) is 4.98 Å². The number of hydrogen-bond donors (Lipinski definition) is 1. The number of benzene rings is 1. The minimum absolute atomic E-state index is 0.638. The molecular weight excluding hydrogens is 238 g/mol. The smallest absolute Gasteiger partial charge is 0.208 e. The van der Waals surface area contributed by atoms with Crippen molar-refractivity contribution >= 4 is 10.9 Å². The highest BCUT2D eigenvalue weighted by Crippen LogP contribution is 2.13. The Hall–Kier alpha value is -2.20. The number of aryl methyl sites for hydroxylation is 1. The van der Waals surface area contributed by atoms with Gasteiger partial charge in [-0.1, -0.05) is 12.1 Å². The molecular formula is C15H15N3O. The van der Waals surface area contributed by atoms with Crippen molar-refractivity contribution in [2.24, 2.45) is 0 Å². The van der Waals surface area contributed by atoms with Crippen molar-refractivity contribution in [2.75, 3.05) is 0 Å². The quantitative estimate of drug-likeness (QED) is 0.776. The molecule has 0 amide bonds. The second kappa shape index (κ2) is 5.20. The van der Waals surface area contributed by atoms with Crippen LogP contribution in [0.15, 0.2) is 47.1 Å². The fourth-order valence-corrected chi connectivity index (χ4v) is 2.03. The second-order valence-corrected chi connectivity index (χ2v) is 4.50. The summed E-state index contributed by atoms with van der Waals surface area (Å²) in [5.41, 5.74) is 2.25. The summed E-state index contributed by atoms with van der Waals surface area (Å²) in [5.74, 6) is 1.56. The lowest BCUT2D eigenvalue weighted by molar-refractivity contribution is 0.449. The van der Waals surface area contributed by atoms with Gasteiger partial charge < -0.3 is 9.73 Å². The highest BCUT2D eigenvalue weighted by molar-refractivity contribution is 5.78. The molecule has 0 aliphatic heterocycles. The number of pyridine rings is 1. The summed E-state index contributed by atoms with van der Waals surface area (Å²) < 4.78 is 5.41. The number of hydrogen-bond acceptors (Lipinski definition) is 4. The molecule has 0 radical (unpaired) electrons. The van der Waals surface area contributed by atoms with Crippen molar-refractivity contribution in [3.63, 3.8) is 0 Å². The third kappa shape index (κ3) is 2.80. The molecule has 0 aliphatic carbocycles. The van der Waals surface area contributed by atoms with Crippen LogP contribution in [0.1, 0.15) is 17.2 Å².